The second-order valence-electron chi connectivity index (χ2n) is 6.93. The first-order chi connectivity index (χ1) is 12.0. The summed E-state index contributed by atoms with van der Waals surface area (Å²) in [5.41, 5.74) is 1.16. The van der Waals surface area contributed by atoms with Gasteiger partial charge in [-0.25, -0.2) is 0 Å². The lowest BCUT2D eigenvalue weighted by Gasteiger charge is -2.30. The van der Waals surface area contributed by atoms with E-state index in [-0.39, 0.29) is 36.2 Å². The molecule has 0 spiro atoms. The second kappa shape index (κ2) is 8.64. The minimum Gasteiger partial charge on any atom is -0.348 e. The third-order valence-electron chi connectivity index (χ3n) is 5.11. The van der Waals surface area contributed by atoms with Crippen LogP contribution in [0.15, 0.2) is 18.2 Å². The summed E-state index contributed by atoms with van der Waals surface area (Å²) >= 11 is 0. The summed E-state index contributed by atoms with van der Waals surface area (Å²) in [4.78, 5) is 38.7. The van der Waals surface area contributed by atoms with Crippen molar-refractivity contribution < 1.29 is 14.4 Å². The molecule has 3 rings (SSSR count). The first-order valence-electron chi connectivity index (χ1n) is 9.04. The summed E-state index contributed by atoms with van der Waals surface area (Å²) in [6.07, 6.45) is 2.72. The Morgan fingerprint density at radius 3 is 2.69 bits per heavy atom. The molecule has 2 unspecified atom stereocenters. The highest BCUT2D eigenvalue weighted by Gasteiger charge is 2.35. The molecule has 1 aromatic carbocycles. The fourth-order valence-corrected chi connectivity index (χ4v) is 3.39. The molecule has 0 bridgehead atoms. The molecule has 6 nitrogen and oxygen atoms in total. The van der Waals surface area contributed by atoms with Gasteiger partial charge in [-0.1, -0.05) is 20.3 Å². The van der Waals surface area contributed by atoms with E-state index < -0.39 is 0 Å². The van der Waals surface area contributed by atoms with E-state index in [1.54, 1.807) is 18.2 Å². The van der Waals surface area contributed by atoms with Crippen LogP contribution in [0.5, 0.6) is 0 Å². The van der Waals surface area contributed by atoms with E-state index in [0.29, 0.717) is 29.2 Å². The smallest absolute Gasteiger partial charge is 0.261 e. The first kappa shape index (κ1) is 20.4. The quantitative estimate of drug-likeness (QED) is 0.769. The van der Waals surface area contributed by atoms with Crippen molar-refractivity contribution in [1.82, 2.24) is 15.5 Å². The number of fused-ring (bicyclic) bond motifs is 1. The highest BCUT2D eigenvalue weighted by molar-refractivity contribution is 6.22. The summed E-state index contributed by atoms with van der Waals surface area (Å²) in [7, 11) is 0. The molecule has 7 heteroatoms. The SMILES string of the molecule is CCCCN1C(=O)c2ccc(C(=O)NC3CNCCC3C)cc2C1=O.Cl. The summed E-state index contributed by atoms with van der Waals surface area (Å²) in [5, 5.41) is 6.32. The van der Waals surface area contributed by atoms with Crippen LogP contribution in [0, 0.1) is 5.92 Å². The largest absolute Gasteiger partial charge is 0.348 e. The van der Waals surface area contributed by atoms with Crippen LogP contribution in [-0.4, -0.2) is 48.3 Å². The van der Waals surface area contributed by atoms with E-state index >= 15 is 0 Å². The Kier molecular flexibility index (Phi) is 6.78. The van der Waals surface area contributed by atoms with Gasteiger partial charge in [0.15, 0.2) is 0 Å². The van der Waals surface area contributed by atoms with E-state index in [2.05, 4.69) is 17.6 Å². The Labute approximate surface area is 160 Å². The van der Waals surface area contributed by atoms with Gasteiger partial charge in [0.2, 0.25) is 0 Å². The molecule has 0 saturated carbocycles. The Bertz CT molecular complexity index is 707. The van der Waals surface area contributed by atoms with Crippen molar-refractivity contribution in [2.75, 3.05) is 19.6 Å². The van der Waals surface area contributed by atoms with Crippen molar-refractivity contribution in [1.29, 1.82) is 0 Å². The van der Waals surface area contributed by atoms with Gasteiger partial charge in [-0.3, -0.25) is 19.3 Å². The predicted molar refractivity (Wildman–Crippen MR) is 102 cm³/mol. The van der Waals surface area contributed by atoms with Gasteiger partial charge in [-0.2, -0.15) is 0 Å². The number of hydrogen-bond donors (Lipinski definition) is 2. The van der Waals surface area contributed by atoms with Gasteiger partial charge >= 0.3 is 0 Å². The molecule has 26 heavy (non-hydrogen) atoms. The fourth-order valence-electron chi connectivity index (χ4n) is 3.39. The Hall–Kier alpha value is -1.92. The van der Waals surface area contributed by atoms with Crippen LogP contribution in [0.1, 0.15) is 64.2 Å². The van der Waals surface area contributed by atoms with Gasteiger partial charge in [-0.05, 0) is 43.5 Å². The number of rotatable bonds is 5. The molecule has 0 radical (unpaired) electrons. The average Bonchev–Trinajstić information content (AvgIpc) is 2.85. The molecule has 1 aromatic rings. The molecule has 1 saturated heterocycles. The zero-order valence-electron chi connectivity index (χ0n) is 15.2. The lowest BCUT2D eigenvalue weighted by atomic mass is 9.94. The van der Waals surface area contributed by atoms with Crippen molar-refractivity contribution in [2.45, 2.75) is 39.2 Å². The molecule has 0 aliphatic carbocycles. The van der Waals surface area contributed by atoms with Gasteiger partial charge in [0.1, 0.15) is 0 Å². The number of nitrogens with zero attached hydrogens (tertiary/aromatic N) is 1. The number of nitrogens with one attached hydrogen (secondary N) is 2. The fraction of sp³-hybridized carbons (Fsp3) is 0.526. The Morgan fingerprint density at radius 2 is 2.00 bits per heavy atom. The lowest BCUT2D eigenvalue weighted by molar-refractivity contribution is 0.0652. The normalized spacial score (nSPS) is 22.0. The zero-order valence-corrected chi connectivity index (χ0v) is 16.0. The Morgan fingerprint density at radius 1 is 1.27 bits per heavy atom. The van der Waals surface area contributed by atoms with Crippen LogP contribution in [0.25, 0.3) is 0 Å². The number of halogens is 1. The molecule has 2 N–H and O–H groups in total. The third kappa shape index (κ3) is 3.91. The number of imide groups is 1. The van der Waals surface area contributed by atoms with Gasteiger partial charge < -0.3 is 10.6 Å². The van der Waals surface area contributed by atoms with Crippen molar-refractivity contribution in [2.24, 2.45) is 5.92 Å². The van der Waals surface area contributed by atoms with Crippen LogP contribution in [0.2, 0.25) is 0 Å². The minimum atomic E-state index is -0.296. The highest BCUT2D eigenvalue weighted by Crippen LogP contribution is 2.24. The van der Waals surface area contributed by atoms with Gasteiger partial charge in [-0.15, -0.1) is 12.4 Å². The summed E-state index contributed by atoms with van der Waals surface area (Å²) < 4.78 is 0. The molecule has 0 aromatic heterocycles. The monoisotopic (exact) mass is 379 g/mol. The number of hydrogen-bond acceptors (Lipinski definition) is 4. The summed E-state index contributed by atoms with van der Waals surface area (Å²) in [6.45, 7) is 6.29. The molecule has 2 aliphatic rings. The van der Waals surface area contributed by atoms with Crippen LogP contribution in [0.3, 0.4) is 0 Å². The Balaban J connectivity index is 0.00000243. The van der Waals surface area contributed by atoms with E-state index in [0.717, 1.165) is 32.4 Å². The zero-order chi connectivity index (χ0) is 18.0. The third-order valence-corrected chi connectivity index (χ3v) is 5.11. The van der Waals surface area contributed by atoms with E-state index in [9.17, 15) is 14.4 Å². The number of unbranched alkanes of at least 4 members (excludes halogenated alkanes) is 1. The molecule has 3 amide bonds. The topological polar surface area (TPSA) is 78.5 Å². The molecular weight excluding hydrogens is 354 g/mol. The van der Waals surface area contributed by atoms with E-state index in [4.69, 9.17) is 0 Å². The van der Waals surface area contributed by atoms with Crippen molar-refractivity contribution in [3.63, 3.8) is 0 Å². The van der Waals surface area contributed by atoms with Gasteiger partial charge in [0.05, 0.1) is 11.1 Å². The molecule has 1 fully saturated rings. The van der Waals surface area contributed by atoms with Gasteiger partial charge in [0, 0.05) is 24.7 Å². The highest BCUT2D eigenvalue weighted by atomic mass is 35.5. The maximum Gasteiger partial charge on any atom is 0.261 e. The van der Waals surface area contributed by atoms with Crippen LogP contribution in [-0.2, 0) is 0 Å². The second-order valence-corrected chi connectivity index (χ2v) is 6.93. The number of benzene rings is 1. The average molecular weight is 380 g/mol. The number of amides is 3. The summed E-state index contributed by atoms with van der Waals surface area (Å²) in [5.74, 6) is -0.343. The predicted octanol–water partition coefficient (Wildman–Crippen LogP) is 2.23. The molecule has 2 atom stereocenters. The molecular formula is C19H26ClN3O3. The maximum absolute atomic E-state index is 12.6. The lowest BCUT2D eigenvalue weighted by Crippen LogP contribution is -2.50. The van der Waals surface area contributed by atoms with Crippen molar-refractivity contribution >= 4 is 30.1 Å². The number of carbonyl (C=O) groups excluding carboxylic acids is 3. The number of piperidine rings is 1. The first-order valence-corrected chi connectivity index (χ1v) is 9.04. The van der Waals surface area contributed by atoms with Crippen LogP contribution in [0.4, 0.5) is 0 Å². The van der Waals surface area contributed by atoms with Crippen molar-refractivity contribution in [3.8, 4) is 0 Å². The minimum absolute atomic E-state index is 0. The summed E-state index contributed by atoms with van der Waals surface area (Å²) in [6, 6.07) is 4.85. The molecule has 142 valence electrons. The van der Waals surface area contributed by atoms with E-state index in [1.165, 1.54) is 4.90 Å². The van der Waals surface area contributed by atoms with E-state index in [1.807, 2.05) is 6.92 Å². The van der Waals surface area contributed by atoms with Gasteiger partial charge in [0.25, 0.3) is 17.7 Å². The van der Waals surface area contributed by atoms with Crippen LogP contribution < -0.4 is 10.6 Å². The van der Waals surface area contributed by atoms with Crippen molar-refractivity contribution in [3.05, 3.63) is 34.9 Å². The standard InChI is InChI=1S/C19H25N3O3.ClH/c1-3-4-9-22-18(24)14-6-5-13(10-15(14)19(22)25)17(23)21-16-11-20-8-7-12(16)2;/h5-6,10,12,16,20H,3-4,7-9,11H2,1-2H3,(H,21,23);1H. The number of carbonyl (C=O) groups is 3. The van der Waals surface area contributed by atoms with Crippen LogP contribution >= 0.6 is 12.4 Å². The molecule has 2 aliphatic heterocycles. The maximum atomic E-state index is 12.6. The molecule has 2 heterocycles.